The monoisotopic (exact) mass is 332 g/mol. The van der Waals surface area contributed by atoms with Crippen molar-refractivity contribution in [1.82, 2.24) is 10.6 Å². The van der Waals surface area contributed by atoms with Crippen LogP contribution in [0.5, 0.6) is 0 Å². The summed E-state index contributed by atoms with van der Waals surface area (Å²) in [4.78, 5) is 35.8. The largest absolute Gasteiger partial charge is 0.447 e. The second-order valence-corrected chi connectivity index (χ2v) is 6.04. The molecule has 1 aromatic carbocycles. The number of urea groups is 1. The summed E-state index contributed by atoms with van der Waals surface area (Å²) in [7, 11) is 1.41. The summed E-state index contributed by atoms with van der Waals surface area (Å²) in [5.74, 6) is -0.495. The van der Waals surface area contributed by atoms with E-state index in [9.17, 15) is 14.4 Å². The first-order valence-corrected chi connectivity index (χ1v) is 8.37. The van der Waals surface area contributed by atoms with E-state index in [-0.39, 0.29) is 0 Å². The molecule has 0 aliphatic heterocycles. The normalized spacial score (nSPS) is 15.5. The number of rotatable bonds is 6. The van der Waals surface area contributed by atoms with Crippen molar-refractivity contribution in [1.29, 1.82) is 0 Å². The van der Waals surface area contributed by atoms with Crippen LogP contribution in [0.4, 0.5) is 4.79 Å². The van der Waals surface area contributed by atoms with E-state index in [0.29, 0.717) is 17.9 Å². The highest BCUT2D eigenvalue weighted by Crippen LogP contribution is 2.29. The van der Waals surface area contributed by atoms with Crippen molar-refractivity contribution in [3.63, 3.8) is 0 Å². The van der Waals surface area contributed by atoms with Gasteiger partial charge in [-0.3, -0.25) is 14.9 Å². The Labute approximate surface area is 142 Å². The number of ether oxygens (including phenoxy) is 1. The summed E-state index contributed by atoms with van der Waals surface area (Å²) in [5.41, 5.74) is 0.535. The van der Waals surface area contributed by atoms with Gasteiger partial charge in [-0.25, -0.2) is 4.79 Å². The molecule has 6 nitrogen and oxygen atoms in total. The van der Waals surface area contributed by atoms with Crippen LogP contribution in [0.1, 0.15) is 50.2 Å². The number of carbonyl (C=O) groups excluding carboxylic acids is 3. The number of imide groups is 1. The van der Waals surface area contributed by atoms with Crippen LogP contribution in [0.15, 0.2) is 30.3 Å². The molecule has 1 atom stereocenters. The van der Waals surface area contributed by atoms with Crippen molar-refractivity contribution in [3.8, 4) is 0 Å². The minimum atomic E-state index is -1.13. The Hall–Kier alpha value is -2.37. The van der Waals surface area contributed by atoms with E-state index >= 15 is 0 Å². The zero-order chi connectivity index (χ0) is 17.4. The van der Waals surface area contributed by atoms with E-state index in [1.54, 1.807) is 30.3 Å². The van der Waals surface area contributed by atoms with Gasteiger partial charge in [-0.1, -0.05) is 56.0 Å². The molecule has 0 spiro atoms. The smallest absolute Gasteiger partial charge is 0.321 e. The molecule has 130 valence electrons. The fraction of sp³-hybridized carbons (Fsp3) is 0.500. The Bertz CT molecular complexity index is 568. The Kier molecular flexibility index (Phi) is 6.78. The second kappa shape index (κ2) is 9.05. The van der Waals surface area contributed by atoms with Crippen LogP contribution in [0.3, 0.4) is 0 Å². The molecule has 0 radical (unpaired) electrons. The number of nitrogens with one attached hydrogen (secondary N) is 2. The van der Waals surface area contributed by atoms with Crippen LogP contribution in [-0.2, 0) is 14.3 Å². The fourth-order valence-electron chi connectivity index (χ4n) is 2.95. The molecule has 1 aromatic rings. The standard InChI is InChI=1S/C18H24N2O4/c1-19-18(23)20-17(22)16(14-9-3-2-4-10-14)24-15(21)12-11-13-7-5-6-8-13/h2-4,9-10,13,16H,5-8,11-12H2,1H3,(H2,19,20,22,23)/t16-/m0/s1. The maximum Gasteiger partial charge on any atom is 0.321 e. The molecule has 1 aliphatic carbocycles. The quantitative estimate of drug-likeness (QED) is 0.785. The second-order valence-electron chi connectivity index (χ2n) is 6.04. The van der Waals surface area contributed by atoms with E-state index in [1.165, 1.54) is 19.9 Å². The van der Waals surface area contributed by atoms with E-state index < -0.39 is 24.0 Å². The fourth-order valence-corrected chi connectivity index (χ4v) is 2.95. The van der Waals surface area contributed by atoms with Gasteiger partial charge in [-0.05, 0) is 12.3 Å². The first-order chi connectivity index (χ1) is 11.6. The van der Waals surface area contributed by atoms with Gasteiger partial charge in [0, 0.05) is 19.0 Å². The summed E-state index contributed by atoms with van der Waals surface area (Å²) in [6.45, 7) is 0. The van der Waals surface area contributed by atoms with E-state index in [2.05, 4.69) is 10.6 Å². The molecule has 2 rings (SSSR count). The molecular weight excluding hydrogens is 308 g/mol. The number of benzene rings is 1. The molecule has 1 aliphatic rings. The van der Waals surface area contributed by atoms with Gasteiger partial charge in [0.1, 0.15) is 0 Å². The van der Waals surface area contributed by atoms with Gasteiger partial charge in [0.05, 0.1) is 0 Å². The number of carbonyl (C=O) groups is 3. The average Bonchev–Trinajstić information content (AvgIpc) is 3.12. The lowest BCUT2D eigenvalue weighted by Gasteiger charge is -2.18. The first-order valence-electron chi connectivity index (χ1n) is 8.37. The zero-order valence-electron chi connectivity index (χ0n) is 13.9. The third-order valence-electron chi connectivity index (χ3n) is 4.28. The highest BCUT2D eigenvalue weighted by molar-refractivity contribution is 5.97. The van der Waals surface area contributed by atoms with Crippen LogP contribution in [0.25, 0.3) is 0 Å². The van der Waals surface area contributed by atoms with Gasteiger partial charge in [-0.2, -0.15) is 0 Å². The summed E-state index contributed by atoms with van der Waals surface area (Å²) >= 11 is 0. The van der Waals surface area contributed by atoms with Crippen LogP contribution in [0, 0.1) is 5.92 Å². The Balaban J connectivity index is 1.98. The molecule has 2 N–H and O–H groups in total. The lowest BCUT2D eigenvalue weighted by atomic mass is 10.0. The van der Waals surface area contributed by atoms with Gasteiger partial charge in [-0.15, -0.1) is 0 Å². The first kappa shape index (κ1) is 18.0. The van der Waals surface area contributed by atoms with Crippen molar-refractivity contribution >= 4 is 17.9 Å². The third-order valence-corrected chi connectivity index (χ3v) is 4.28. The van der Waals surface area contributed by atoms with Crippen LogP contribution < -0.4 is 10.6 Å². The maximum absolute atomic E-state index is 12.3. The molecule has 0 aromatic heterocycles. The van der Waals surface area contributed by atoms with Gasteiger partial charge in [0.25, 0.3) is 5.91 Å². The minimum Gasteiger partial charge on any atom is -0.447 e. The Morgan fingerprint density at radius 1 is 1.17 bits per heavy atom. The number of esters is 1. The molecule has 0 unspecified atom stereocenters. The van der Waals surface area contributed by atoms with Crippen LogP contribution in [0.2, 0.25) is 0 Å². The SMILES string of the molecule is CNC(=O)NC(=O)[C@@H](OC(=O)CCC1CCCC1)c1ccccc1. The predicted octanol–water partition coefficient (Wildman–Crippen LogP) is 2.70. The van der Waals surface area contributed by atoms with Crippen molar-refractivity contribution in [2.24, 2.45) is 5.92 Å². The molecular formula is C18H24N2O4. The van der Waals surface area contributed by atoms with E-state index in [1.807, 2.05) is 0 Å². The molecule has 0 bridgehead atoms. The van der Waals surface area contributed by atoms with Crippen molar-refractivity contribution in [2.45, 2.75) is 44.6 Å². The highest BCUT2D eigenvalue weighted by atomic mass is 16.5. The summed E-state index contributed by atoms with van der Waals surface area (Å²) in [5, 5.41) is 4.47. The molecule has 0 heterocycles. The minimum absolute atomic E-state index is 0.293. The number of hydrogen-bond acceptors (Lipinski definition) is 4. The summed E-state index contributed by atoms with van der Waals surface area (Å²) in [6.07, 6.45) is 4.72. The lowest BCUT2D eigenvalue weighted by molar-refractivity contribution is -0.156. The lowest BCUT2D eigenvalue weighted by Crippen LogP contribution is -2.41. The topological polar surface area (TPSA) is 84.5 Å². The third kappa shape index (κ3) is 5.37. The van der Waals surface area contributed by atoms with Crippen molar-refractivity contribution in [3.05, 3.63) is 35.9 Å². The Morgan fingerprint density at radius 3 is 2.46 bits per heavy atom. The predicted molar refractivity (Wildman–Crippen MR) is 89.1 cm³/mol. The molecule has 6 heteroatoms. The molecule has 1 saturated carbocycles. The zero-order valence-corrected chi connectivity index (χ0v) is 13.9. The highest BCUT2D eigenvalue weighted by Gasteiger charge is 2.26. The molecule has 3 amide bonds. The van der Waals surface area contributed by atoms with Crippen molar-refractivity contribution < 1.29 is 19.1 Å². The number of hydrogen-bond donors (Lipinski definition) is 2. The number of amides is 3. The molecule has 1 fully saturated rings. The summed E-state index contributed by atoms with van der Waals surface area (Å²) in [6, 6.07) is 8.06. The van der Waals surface area contributed by atoms with E-state index in [0.717, 1.165) is 19.3 Å². The Morgan fingerprint density at radius 2 is 1.83 bits per heavy atom. The van der Waals surface area contributed by atoms with Gasteiger partial charge in [0.2, 0.25) is 6.10 Å². The summed E-state index contributed by atoms with van der Waals surface area (Å²) < 4.78 is 5.37. The van der Waals surface area contributed by atoms with E-state index in [4.69, 9.17) is 4.74 Å². The molecule has 24 heavy (non-hydrogen) atoms. The van der Waals surface area contributed by atoms with Gasteiger partial charge < -0.3 is 10.1 Å². The maximum atomic E-state index is 12.3. The van der Waals surface area contributed by atoms with Crippen molar-refractivity contribution in [2.75, 3.05) is 7.05 Å². The van der Waals surface area contributed by atoms with Crippen LogP contribution in [-0.4, -0.2) is 25.0 Å². The molecule has 0 saturated heterocycles. The van der Waals surface area contributed by atoms with Crippen LogP contribution >= 0.6 is 0 Å². The van der Waals surface area contributed by atoms with Gasteiger partial charge >= 0.3 is 12.0 Å². The average molecular weight is 332 g/mol. The van der Waals surface area contributed by atoms with Gasteiger partial charge in [0.15, 0.2) is 0 Å².